The van der Waals surface area contributed by atoms with Crippen LogP contribution in [0.15, 0.2) is 42.0 Å². The Morgan fingerprint density at radius 2 is 1.81 bits per heavy atom. The van der Waals surface area contributed by atoms with Gasteiger partial charge in [-0.15, -0.1) is 0 Å². The standard InChI is InChI=1S/C30H47N3O4/c1-10-37-29(36)21(4)18-24(20(2)3)33(9)28(35)26(30(5,6)7)31-27(34)25-19-23(16-17-32(25)8)22-14-12-11-13-15-22/h11-15,18,20,23-26H,10,16-17,19H2,1-9H3,(H,31,34)/t23-,24-,25?,26-/m1/s1. The van der Waals surface area contributed by atoms with Crippen molar-refractivity contribution in [3.63, 3.8) is 0 Å². The van der Waals surface area contributed by atoms with E-state index in [1.807, 2.05) is 59.9 Å². The predicted molar refractivity (Wildman–Crippen MR) is 148 cm³/mol. The first-order valence-corrected chi connectivity index (χ1v) is 13.5. The molecule has 1 aliphatic rings. The van der Waals surface area contributed by atoms with E-state index >= 15 is 0 Å². The highest BCUT2D eigenvalue weighted by Gasteiger charge is 2.40. The lowest BCUT2D eigenvalue weighted by Crippen LogP contribution is -2.60. The van der Waals surface area contributed by atoms with E-state index in [9.17, 15) is 14.4 Å². The Morgan fingerprint density at radius 3 is 2.35 bits per heavy atom. The summed E-state index contributed by atoms with van der Waals surface area (Å²) in [6.07, 6.45) is 3.50. The summed E-state index contributed by atoms with van der Waals surface area (Å²) in [5, 5.41) is 3.12. The number of piperidine rings is 1. The van der Waals surface area contributed by atoms with Crippen molar-refractivity contribution >= 4 is 17.8 Å². The number of hydrogen-bond acceptors (Lipinski definition) is 5. The van der Waals surface area contributed by atoms with Crippen LogP contribution in [0.25, 0.3) is 0 Å². The third-order valence-corrected chi connectivity index (χ3v) is 7.34. The molecule has 0 saturated carbocycles. The van der Waals surface area contributed by atoms with E-state index in [1.165, 1.54) is 5.56 Å². The molecule has 4 atom stereocenters. The van der Waals surface area contributed by atoms with Crippen molar-refractivity contribution in [1.82, 2.24) is 15.1 Å². The van der Waals surface area contributed by atoms with E-state index in [1.54, 1.807) is 31.9 Å². The third kappa shape index (κ3) is 8.16. The van der Waals surface area contributed by atoms with Gasteiger partial charge in [-0.1, -0.05) is 71.0 Å². The Balaban J connectivity index is 2.25. The lowest BCUT2D eigenvalue weighted by Gasteiger charge is -2.40. The topological polar surface area (TPSA) is 79.0 Å². The maximum Gasteiger partial charge on any atom is 0.333 e. The minimum Gasteiger partial charge on any atom is -0.463 e. The second-order valence-electron chi connectivity index (χ2n) is 11.7. The molecule has 0 aromatic heterocycles. The lowest BCUT2D eigenvalue weighted by atomic mass is 9.83. The van der Waals surface area contributed by atoms with Gasteiger partial charge in [0.15, 0.2) is 0 Å². The minimum atomic E-state index is -0.715. The molecule has 206 valence electrons. The molecule has 0 bridgehead atoms. The third-order valence-electron chi connectivity index (χ3n) is 7.34. The van der Waals surface area contributed by atoms with E-state index < -0.39 is 11.5 Å². The Hall–Kier alpha value is -2.67. The van der Waals surface area contributed by atoms with Crippen molar-refractivity contribution in [2.45, 2.75) is 85.4 Å². The molecule has 1 unspecified atom stereocenters. The molecule has 37 heavy (non-hydrogen) atoms. The summed E-state index contributed by atoms with van der Waals surface area (Å²) in [5.41, 5.74) is 1.21. The molecule has 0 radical (unpaired) electrons. The van der Waals surface area contributed by atoms with Gasteiger partial charge < -0.3 is 15.0 Å². The van der Waals surface area contributed by atoms with Crippen LogP contribution in [0.5, 0.6) is 0 Å². The van der Waals surface area contributed by atoms with Gasteiger partial charge in [0, 0.05) is 12.6 Å². The molecule has 1 saturated heterocycles. The summed E-state index contributed by atoms with van der Waals surface area (Å²) in [6.45, 7) is 14.5. The number of nitrogens with one attached hydrogen (secondary N) is 1. The van der Waals surface area contributed by atoms with Crippen LogP contribution in [0.1, 0.15) is 72.8 Å². The van der Waals surface area contributed by atoms with Crippen LogP contribution in [0, 0.1) is 11.3 Å². The van der Waals surface area contributed by atoms with Crippen LogP contribution in [0.2, 0.25) is 0 Å². The molecule has 7 nitrogen and oxygen atoms in total. The highest BCUT2D eigenvalue weighted by atomic mass is 16.5. The number of likely N-dealkylation sites (tertiary alicyclic amines) is 1. The molecule has 2 amide bonds. The number of carbonyl (C=O) groups excluding carboxylic acids is 3. The van der Waals surface area contributed by atoms with E-state index in [-0.39, 0.29) is 35.8 Å². The molecule has 1 fully saturated rings. The van der Waals surface area contributed by atoms with E-state index in [0.29, 0.717) is 24.5 Å². The number of nitrogens with zero attached hydrogens (tertiary/aromatic N) is 2. The van der Waals surface area contributed by atoms with Crippen molar-refractivity contribution in [3.05, 3.63) is 47.5 Å². The van der Waals surface area contributed by atoms with E-state index in [4.69, 9.17) is 4.74 Å². The van der Waals surface area contributed by atoms with Gasteiger partial charge in [-0.05, 0) is 63.1 Å². The predicted octanol–water partition coefficient (Wildman–Crippen LogP) is 4.39. The number of amides is 2. The fourth-order valence-electron chi connectivity index (χ4n) is 4.98. The zero-order valence-electron chi connectivity index (χ0n) is 24.2. The molecule has 1 aliphatic heterocycles. The summed E-state index contributed by atoms with van der Waals surface area (Å²) < 4.78 is 5.12. The molecule has 1 N–H and O–H groups in total. The normalized spacial score (nSPS) is 20.8. The van der Waals surface area contributed by atoms with Crippen molar-refractivity contribution in [3.8, 4) is 0 Å². The molecule has 2 rings (SSSR count). The quantitative estimate of drug-likeness (QED) is 0.391. The molecule has 0 spiro atoms. The number of hydrogen-bond donors (Lipinski definition) is 1. The van der Waals surface area contributed by atoms with Gasteiger partial charge in [0.05, 0.1) is 18.7 Å². The highest BCUT2D eigenvalue weighted by Crippen LogP contribution is 2.31. The number of rotatable bonds is 9. The summed E-state index contributed by atoms with van der Waals surface area (Å²) in [4.78, 5) is 43.4. The monoisotopic (exact) mass is 513 g/mol. The molecular formula is C30H47N3O4. The first kappa shape index (κ1) is 30.6. The number of likely N-dealkylation sites (N-methyl/N-ethyl adjacent to an activating group) is 2. The van der Waals surface area contributed by atoms with E-state index in [0.717, 1.165) is 13.0 Å². The van der Waals surface area contributed by atoms with Crippen molar-refractivity contribution in [1.29, 1.82) is 0 Å². The maximum atomic E-state index is 13.9. The van der Waals surface area contributed by atoms with Crippen molar-refractivity contribution in [2.75, 3.05) is 27.2 Å². The molecule has 1 aromatic rings. The Labute approximate surface area is 223 Å². The van der Waals surface area contributed by atoms with E-state index in [2.05, 4.69) is 22.3 Å². The largest absolute Gasteiger partial charge is 0.463 e. The van der Waals surface area contributed by atoms with Crippen LogP contribution in [0.3, 0.4) is 0 Å². The Kier molecular flexibility index (Phi) is 10.9. The zero-order valence-corrected chi connectivity index (χ0v) is 24.2. The second kappa shape index (κ2) is 13.2. The second-order valence-corrected chi connectivity index (χ2v) is 11.7. The van der Waals surface area contributed by atoms with Crippen LogP contribution in [0.4, 0.5) is 0 Å². The van der Waals surface area contributed by atoms with Gasteiger partial charge in [0.2, 0.25) is 11.8 Å². The summed E-state index contributed by atoms with van der Waals surface area (Å²) in [7, 11) is 3.72. The molecular weight excluding hydrogens is 466 g/mol. The van der Waals surface area contributed by atoms with Crippen LogP contribution in [-0.2, 0) is 19.1 Å². The SMILES string of the molecule is CCOC(=O)C(C)=C[C@H](C(C)C)N(C)C(=O)[C@@H](NC(=O)C1C[C@H](c2ccccc2)CCN1C)C(C)(C)C. The zero-order chi connectivity index (χ0) is 27.9. The number of ether oxygens (including phenoxy) is 1. The molecule has 7 heteroatoms. The molecule has 1 heterocycles. The Morgan fingerprint density at radius 1 is 1.19 bits per heavy atom. The Bertz CT molecular complexity index is 951. The number of carbonyl (C=O) groups is 3. The smallest absolute Gasteiger partial charge is 0.333 e. The fourth-order valence-corrected chi connectivity index (χ4v) is 4.98. The van der Waals surface area contributed by atoms with Gasteiger partial charge >= 0.3 is 5.97 Å². The number of benzene rings is 1. The van der Waals surface area contributed by atoms with Crippen LogP contribution in [-0.4, -0.2) is 73.0 Å². The first-order valence-electron chi connectivity index (χ1n) is 13.5. The van der Waals surface area contributed by atoms with Crippen LogP contribution < -0.4 is 5.32 Å². The van der Waals surface area contributed by atoms with Crippen molar-refractivity contribution < 1.29 is 19.1 Å². The summed E-state index contributed by atoms with van der Waals surface area (Å²) in [5.74, 6) is -0.315. The van der Waals surface area contributed by atoms with Gasteiger partial charge in [-0.25, -0.2) is 4.79 Å². The van der Waals surface area contributed by atoms with Gasteiger partial charge in [0.1, 0.15) is 6.04 Å². The maximum absolute atomic E-state index is 13.9. The molecule has 0 aliphatic carbocycles. The first-order chi connectivity index (χ1) is 17.3. The van der Waals surface area contributed by atoms with Gasteiger partial charge in [-0.2, -0.15) is 0 Å². The average Bonchev–Trinajstić information content (AvgIpc) is 2.84. The highest BCUT2D eigenvalue weighted by molar-refractivity contribution is 5.91. The lowest BCUT2D eigenvalue weighted by molar-refractivity contribution is -0.142. The fraction of sp³-hybridized carbons (Fsp3) is 0.633. The molecule has 1 aromatic carbocycles. The summed E-state index contributed by atoms with van der Waals surface area (Å²) in [6, 6.07) is 8.98. The number of esters is 1. The minimum absolute atomic E-state index is 0.0609. The van der Waals surface area contributed by atoms with Gasteiger partial charge in [0.25, 0.3) is 0 Å². The van der Waals surface area contributed by atoms with Crippen molar-refractivity contribution in [2.24, 2.45) is 11.3 Å². The van der Waals surface area contributed by atoms with Crippen LogP contribution >= 0.6 is 0 Å². The van der Waals surface area contributed by atoms with Gasteiger partial charge in [-0.3, -0.25) is 14.5 Å². The average molecular weight is 514 g/mol. The summed E-state index contributed by atoms with van der Waals surface area (Å²) >= 11 is 0.